The lowest BCUT2D eigenvalue weighted by atomic mass is 10.0. The Morgan fingerprint density at radius 3 is 2.35 bits per heavy atom. The fourth-order valence-electron chi connectivity index (χ4n) is 1.90. The molecule has 0 fully saturated rings. The summed E-state index contributed by atoms with van der Waals surface area (Å²) in [7, 11) is 0. The van der Waals surface area contributed by atoms with Crippen molar-refractivity contribution in [3.05, 3.63) is 35.4 Å². The lowest BCUT2D eigenvalue weighted by molar-refractivity contribution is -0.121. The van der Waals surface area contributed by atoms with Crippen LogP contribution in [-0.4, -0.2) is 18.5 Å². The molecule has 0 aliphatic carbocycles. The zero-order chi connectivity index (χ0) is 15.0. The van der Waals surface area contributed by atoms with Crippen molar-refractivity contribution >= 4 is 5.91 Å². The zero-order valence-corrected chi connectivity index (χ0v) is 13.2. The van der Waals surface area contributed by atoms with Gasteiger partial charge in [0.25, 0.3) is 0 Å². The van der Waals surface area contributed by atoms with Crippen molar-refractivity contribution in [1.82, 2.24) is 10.6 Å². The predicted molar refractivity (Wildman–Crippen MR) is 84.8 cm³/mol. The largest absolute Gasteiger partial charge is 0.354 e. The van der Waals surface area contributed by atoms with E-state index in [0.29, 0.717) is 18.9 Å². The summed E-state index contributed by atoms with van der Waals surface area (Å²) in [5.74, 6) is 0.697. The van der Waals surface area contributed by atoms with Crippen LogP contribution in [0.25, 0.3) is 0 Å². The second-order valence-corrected chi connectivity index (χ2v) is 5.70. The monoisotopic (exact) mass is 276 g/mol. The molecule has 3 heteroatoms. The van der Waals surface area contributed by atoms with Gasteiger partial charge >= 0.3 is 0 Å². The summed E-state index contributed by atoms with van der Waals surface area (Å²) in [6.45, 7) is 10.0. The molecule has 0 saturated heterocycles. The van der Waals surface area contributed by atoms with Gasteiger partial charge in [0.1, 0.15) is 0 Å². The number of carbonyl (C=O) groups is 1. The number of amides is 1. The van der Waals surface area contributed by atoms with Crippen LogP contribution in [0.1, 0.15) is 57.6 Å². The Hall–Kier alpha value is -1.35. The Bertz CT molecular complexity index is 398. The molecule has 112 valence electrons. The number of nitrogens with one attached hydrogen (secondary N) is 2. The van der Waals surface area contributed by atoms with Gasteiger partial charge in [-0.25, -0.2) is 0 Å². The SMILES string of the molecule is CCC(C)NC(=O)CCNCc1ccc(C(C)C)cc1. The maximum Gasteiger partial charge on any atom is 0.221 e. The van der Waals surface area contributed by atoms with E-state index < -0.39 is 0 Å². The molecule has 0 bridgehead atoms. The smallest absolute Gasteiger partial charge is 0.221 e. The summed E-state index contributed by atoms with van der Waals surface area (Å²) in [5.41, 5.74) is 2.62. The van der Waals surface area contributed by atoms with Gasteiger partial charge in [0.15, 0.2) is 0 Å². The molecule has 0 spiro atoms. The molecular formula is C17H28N2O. The van der Waals surface area contributed by atoms with Gasteiger partial charge in [-0.3, -0.25) is 4.79 Å². The molecule has 0 aromatic heterocycles. The van der Waals surface area contributed by atoms with Crippen LogP contribution >= 0.6 is 0 Å². The van der Waals surface area contributed by atoms with E-state index in [1.165, 1.54) is 11.1 Å². The second-order valence-electron chi connectivity index (χ2n) is 5.70. The van der Waals surface area contributed by atoms with E-state index in [2.05, 4.69) is 55.7 Å². The van der Waals surface area contributed by atoms with E-state index in [1.807, 2.05) is 6.92 Å². The minimum atomic E-state index is 0.127. The molecule has 0 radical (unpaired) electrons. The van der Waals surface area contributed by atoms with Crippen LogP contribution in [0.2, 0.25) is 0 Å². The highest BCUT2D eigenvalue weighted by Gasteiger charge is 2.04. The van der Waals surface area contributed by atoms with Crippen molar-refractivity contribution < 1.29 is 4.79 Å². The fraction of sp³-hybridized carbons (Fsp3) is 0.588. The molecule has 1 amide bonds. The molecule has 1 unspecified atom stereocenters. The van der Waals surface area contributed by atoms with E-state index in [0.717, 1.165) is 13.0 Å². The standard InChI is InChI=1S/C17H28N2O/c1-5-14(4)19-17(20)10-11-18-12-15-6-8-16(9-7-15)13(2)3/h6-9,13-14,18H,5,10-12H2,1-4H3,(H,19,20). The van der Waals surface area contributed by atoms with Crippen molar-refractivity contribution in [2.75, 3.05) is 6.54 Å². The van der Waals surface area contributed by atoms with Crippen LogP contribution in [0.15, 0.2) is 24.3 Å². The highest BCUT2D eigenvalue weighted by molar-refractivity contribution is 5.76. The molecule has 0 aliphatic rings. The number of carbonyl (C=O) groups excluding carboxylic acids is 1. The second kappa shape index (κ2) is 8.75. The third-order valence-electron chi connectivity index (χ3n) is 3.52. The van der Waals surface area contributed by atoms with Gasteiger partial charge in [0, 0.05) is 25.6 Å². The molecule has 1 rings (SSSR count). The molecule has 1 aromatic carbocycles. The number of hydrogen-bond acceptors (Lipinski definition) is 2. The quantitative estimate of drug-likeness (QED) is 0.716. The van der Waals surface area contributed by atoms with Gasteiger partial charge < -0.3 is 10.6 Å². The summed E-state index contributed by atoms with van der Waals surface area (Å²) >= 11 is 0. The first-order chi connectivity index (χ1) is 9.52. The lowest BCUT2D eigenvalue weighted by Gasteiger charge is -2.11. The molecule has 0 saturated carbocycles. The van der Waals surface area contributed by atoms with E-state index in [-0.39, 0.29) is 11.9 Å². The first-order valence-corrected chi connectivity index (χ1v) is 7.61. The number of rotatable bonds is 8. The molecular weight excluding hydrogens is 248 g/mol. The summed E-state index contributed by atoms with van der Waals surface area (Å²) in [6, 6.07) is 8.93. The fourth-order valence-corrected chi connectivity index (χ4v) is 1.90. The van der Waals surface area contributed by atoms with Gasteiger partial charge in [-0.05, 0) is 30.4 Å². The highest BCUT2D eigenvalue weighted by Crippen LogP contribution is 2.14. The number of hydrogen-bond donors (Lipinski definition) is 2. The predicted octanol–water partition coefficient (Wildman–Crippen LogP) is 3.20. The summed E-state index contributed by atoms with van der Waals surface area (Å²) in [4.78, 5) is 11.6. The van der Waals surface area contributed by atoms with Crippen LogP contribution in [0.3, 0.4) is 0 Å². The van der Waals surface area contributed by atoms with Gasteiger partial charge in [-0.2, -0.15) is 0 Å². The maximum atomic E-state index is 11.6. The Morgan fingerprint density at radius 1 is 1.15 bits per heavy atom. The van der Waals surface area contributed by atoms with Gasteiger partial charge in [-0.15, -0.1) is 0 Å². The van der Waals surface area contributed by atoms with Crippen molar-refractivity contribution in [3.8, 4) is 0 Å². The van der Waals surface area contributed by atoms with Crippen molar-refractivity contribution in [1.29, 1.82) is 0 Å². The molecule has 1 aromatic rings. The lowest BCUT2D eigenvalue weighted by Crippen LogP contribution is -2.33. The molecule has 0 heterocycles. The van der Waals surface area contributed by atoms with Crippen molar-refractivity contribution in [3.63, 3.8) is 0 Å². The molecule has 0 aliphatic heterocycles. The van der Waals surface area contributed by atoms with E-state index in [1.54, 1.807) is 0 Å². The summed E-state index contributed by atoms with van der Waals surface area (Å²) < 4.78 is 0. The van der Waals surface area contributed by atoms with Crippen LogP contribution in [-0.2, 0) is 11.3 Å². The van der Waals surface area contributed by atoms with Crippen molar-refractivity contribution in [2.24, 2.45) is 0 Å². The minimum absolute atomic E-state index is 0.127. The topological polar surface area (TPSA) is 41.1 Å². The molecule has 3 nitrogen and oxygen atoms in total. The summed E-state index contributed by atoms with van der Waals surface area (Å²) in [5, 5.41) is 6.28. The van der Waals surface area contributed by atoms with Gasteiger partial charge in [-0.1, -0.05) is 45.0 Å². The van der Waals surface area contributed by atoms with E-state index in [9.17, 15) is 4.79 Å². The normalized spacial score (nSPS) is 12.4. The van der Waals surface area contributed by atoms with Crippen LogP contribution in [0.4, 0.5) is 0 Å². The molecule has 20 heavy (non-hydrogen) atoms. The van der Waals surface area contributed by atoms with Gasteiger partial charge in [0.05, 0.1) is 0 Å². The van der Waals surface area contributed by atoms with E-state index in [4.69, 9.17) is 0 Å². The average Bonchev–Trinajstić information content (AvgIpc) is 2.44. The zero-order valence-electron chi connectivity index (χ0n) is 13.2. The highest BCUT2D eigenvalue weighted by atomic mass is 16.1. The first kappa shape index (κ1) is 16.7. The number of benzene rings is 1. The Kier molecular flexibility index (Phi) is 7.31. The maximum absolute atomic E-state index is 11.6. The summed E-state index contributed by atoms with van der Waals surface area (Å²) in [6.07, 6.45) is 1.51. The van der Waals surface area contributed by atoms with Crippen LogP contribution in [0.5, 0.6) is 0 Å². The van der Waals surface area contributed by atoms with E-state index >= 15 is 0 Å². The Morgan fingerprint density at radius 2 is 1.80 bits per heavy atom. The molecule has 1 atom stereocenters. The third-order valence-corrected chi connectivity index (χ3v) is 3.52. The van der Waals surface area contributed by atoms with Crippen molar-refractivity contribution in [2.45, 2.75) is 59.0 Å². The van der Waals surface area contributed by atoms with Crippen LogP contribution < -0.4 is 10.6 Å². The third kappa shape index (κ3) is 6.20. The van der Waals surface area contributed by atoms with Gasteiger partial charge in [0.2, 0.25) is 5.91 Å². The Balaban J connectivity index is 2.22. The Labute approximate surface area is 123 Å². The first-order valence-electron chi connectivity index (χ1n) is 7.61. The van der Waals surface area contributed by atoms with Crippen LogP contribution in [0, 0.1) is 0 Å². The minimum Gasteiger partial charge on any atom is -0.354 e. The average molecular weight is 276 g/mol. The molecule has 2 N–H and O–H groups in total.